The second-order valence-electron chi connectivity index (χ2n) is 6.59. The van der Waals surface area contributed by atoms with Gasteiger partial charge in [0.2, 0.25) is 0 Å². The van der Waals surface area contributed by atoms with Crippen LogP contribution in [0.4, 0.5) is 5.69 Å². The molecular formula is C24H19NO2S2. The van der Waals surface area contributed by atoms with Gasteiger partial charge < -0.3 is 4.74 Å². The molecule has 0 N–H and O–H groups in total. The molecule has 4 rings (SSSR count). The van der Waals surface area contributed by atoms with Crippen LogP contribution in [0, 0.1) is 0 Å². The van der Waals surface area contributed by atoms with Crippen molar-refractivity contribution in [3.05, 3.63) is 101 Å². The summed E-state index contributed by atoms with van der Waals surface area (Å²) in [4.78, 5) is 15.0. The summed E-state index contributed by atoms with van der Waals surface area (Å²) in [6.07, 6.45) is 1.83. The van der Waals surface area contributed by atoms with Gasteiger partial charge in [-0.15, -0.1) is 0 Å². The quantitative estimate of drug-likeness (QED) is 0.363. The highest BCUT2D eigenvalue weighted by atomic mass is 32.2. The van der Waals surface area contributed by atoms with Gasteiger partial charge in [0.05, 0.1) is 10.6 Å². The average Bonchev–Trinajstić information content (AvgIpc) is 3.03. The molecule has 0 radical (unpaired) electrons. The number of para-hydroxylation sites is 1. The minimum absolute atomic E-state index is 0.0378. The predicted octanol–water partition coefficient (Wildman–Crippen LogP) is 6.23. The molecule has 3 aromatic carbocycles. The number of hydrogen-bond acceptors (Lipinski definition) is 4. The number of rotatable bonds is 5. The highest BCUT2D eigenvalue weighted by Crippen LogP contribution is 2.36. The number of nitrogens with zero attached hydrogens (tertiary/aromatic N) is 1. The molecule has 1 saturated heterocycles. The fourth-order valence-electron chi connectivity index (χ4n) is 3.06. The molecule has 1 aliphatic rings. The van der Waals surface area contributed by atoms with Gasteiger partial charge in [-0.25, -0.2) is 0 Å². The van der Waals surface area contributed by atoms with Crippen LogP contribution in [0.5, 0.6) is 5.75 Å². The maximum atomic E-state index is 12.8. The Labute approximate surface area is 180 Å². The molecular weight excluding hydrogens is 398 g/mol. The smallest absolute Gasteiger partial charge is 0.270 e. The van der Waals surface area contributed by atoms with E-state index in [1.807, 2.05) is 97.9 Å². The fourth-order valence-corrected chi connectivity index (χ4v) is 4.36. The third-order valence-corrected chi connectivity index (χ3v) is 5.87. The zero-order valence-electron chi connectivity index (χ0n) is 15.8. The fraction of sp³-hybridized carbons (Fsp3) is 0.0833. The molecule has 1 unspecified atom stereocenters. The second-order valence-corrected chi connectivity index (χ2v) is 8.27. The lowest BCUT2D eigenvalue weighted by molar-refractivity contribution is -0.113. The van der Waals surface area contributed by atoms with Gasteiger partial charge in [0, 0.05) is 0 Å². The monoisotopic (exact) mass is 417 g/mol. The van der Waals surface area contributed by atoms with Crippen LogP contribution in [0.2, 0.25) is 0 Å². The molecule has 1 aliphatic heterocycles. The number of anilines is 1. The van der Waals surface area contributed by atoms with Gasteiger partial charge in [-0.1, -0.05) is 84.6 Å². The zero-order chi connectivity index (χ0) is 20.2. The summed E-state index contributed by atoms with van der Waals surface area (Å²) in [5, 5.41) is 0. The van der Waals surface area contributed by atoms with Crippen molar-refractivity contribution in [1.29, 1.82) is 0 Å². The van der Waals surface area contributed by atoms with Crippen LogP contribution in [-0.2, 0) is 4.79 Å². The number of thioether (sulfide) groups is 1. The minimum atomic E-state index is -0.0933. The molecule has 0 aromatic heterocycles. The minimum Gasteiger partial charge on any atom is -0.486 e. The van der Waals surface area contributed by atoms with Gasteiger partial charge in [-0.2, -0.15) is 0 Å². The highest BCUT2D eigenvalue weighted by Gasteiger charge is 2.33. The Bertz CT molecular complexity index is 1050. The highest BCUT2D eigenvalue weighted by molar-refractivity contribution is 8.27. The summed E-state index contributed by atoms with van der Waals surface area (Å²) in [6.45, 7) is 2.03. The molecule has 144 valence electrons. The summed E-state index contributed by atoms with van der Waals surface area (Å²) >= 11 is 6.74. The summed E-state index contributed by atoms with van der Waals surface area (Å²) in [6, 6.07) is 27.3. The number of carbonyl (C=O) groups excluding carboxylic acids is 1. The summed E-state index contributed by atoms with van der Waals surface area (Å²) < 4.78 is 6.56. The van der Waals surface area contributed by atoms with Gasteiger partial charge >= 0.3 is 0 Å². The normalized spacial score (nSPS) is 16.3. The van der Waals surface area contributed by atoms with E-state index in [1.165, 1.54) is 11.8 Å². The van der Waals surface area contributed by atoms with E-state index in [0.29, 0.717) is 9.23 Å². The molecule has 3 nitrogen and oxygen atoms in total. The zero-order valence-corrected chi connectivity index (χ0v) is 17.5. The van der Waals surface area contributed by atoms with Crippen LogP contribution in [-0.4, -0.2) is 10.2 Å². The first-order valence-corrected chi connectivity index (χ1v) is 10.5. The van der Waals surface area contributed by atoms with Gasteiger partial charge in [0.25, 0.3) is 5.91 Å². The number of thiocarbonyl (C=S) groups is 1. The molecule has 1 amide bonds. The SMILES string of the molecule is CC(Oc1ccc(/C=C2\SC(=S)N(c3ccccc3)C2=O)cc1)c1ccccc1. The number of amides is 1. The van der Waals surface area contributed by atoms with Gasteiger partial charge in [0.1, 0.15) is 11.9 Å². The lowest BCUT2D eigenvalue weighted by atomic mass is 10.1. The van der Waals surface area contributed by atoms with Gasteiger partial charge in [-0.3, -0.25) is 9.69 Å². The van der Waals surface area contributed by atoms with Crippen LogP contribution in [0.1, 0.15) is 24.2 Å². The summed E-state index contributed by atoms with van der Waals surface area (Å²) in [7, 11) is 0. The molecule has 1 fully saturated rings. The first kappa shape index (κ1) is 19.4. The molecule has 5 heteroatoms. The largest absolute Gasteiger partial charge is 0.486 e. The number of benzene rings is 3. The van der Waals surface area contributed by atoms with E-state index in [0.717, 1.165) is 22.6 Å². The molecule has 3 aromatic rings. The predicted molar refractivity (Wildman–Crippen MR) is 124 cm³/mol. The second kappa shape index (κ2) is 8.64. The van der Waals surface area contributed by atoms with E-state index in [9.17, 15) is 4.79 Å². The van der Waals surface area contributed by atoms with Crippen molar-refractivity contribution >= 4 is 46.0 Å². The Morgan fingerprint density at radius 2 is 1.55 bits per heavy atom. The van der Waals surface area contributed by atoms with E-state index in [1.54, 1.807) is 4.90 Å². The van der Waals surface area contributed by atoms with E-state index < -0.39 is 0 Å². The van der Waals surface area contributed by atoms with Gasteiger partial charge in [-0.05, 0) is 48.4 Å². The first-order chi connectivity index (χ1) is 14.1. The van der Waals surface area contributed by atoms with E-state index in [2.05, 4.69) is 0 Å². The van der Waals surface area contributed by atoms with Crippen LogP contribution in [0.25, 0.3) is 6.08 Å². The van der Waals surface area contributed by atoms with Crippen molar-refractivity contribution in [2.45, 2.75) is 13.0 Å². The Kier molecular flexibility index (Phi) is 5.79. The van der Waals surface area contributed by atoms with Crippen molar-refractivity contribution in [2.24, 2.45) is 0 Å². The van der Waals surface area contributed by atoms with Gasteiger partial charge in [0.15, 0.2) is 4.32 Å². The maximum Gasteiger partial charge on any atom is 0.270 e. The average molecular weight is 418 g/mol. The van der Waals surface area contributed by atoms with Crippen molar-refractivity contribution in [3.8, 4) is 5.75 Å². The van der Waals surface area contributed by atoms with Crippen molar-refractivity contribution < 1.29 is 9.53 Å². The Balaban J connectivity index is 1.48. The Morgan fingerprint density at radius 3 is 2.21 bits per heavy atom. The Morgan fingerprint density at radius 1 is 0.931 bits per heavy atom. The van der Waals surface area contributed by atoms with E-state index in [4.69, 9.17) is 17.0 Å². The van der Waals surface area contributed by atoms with E-state index >= 15 is 0 Å². The molecule has 0 spiro atoms. The third kappa shape index (κ3) is 4.42. The lowest BCUT2D eigenvalue weighted by Crippen LogP contribution is -2.27. The van der Waals surface area contributed by atoms with Crippen LogP contribution in [0.15, 0.2) is 89.8 Å². The van der Waals surface area contributed by atoms with Crippen LogP contribution >= 0.6 is 24.0 Å². The molecule has 0 bridgehead atoms. The van der Waals surface area contributed by atoms with Crippen molar-refractivity contribution in [3.63, 3.8) is 0 Å². The molecule has 0 aliphatic carbocycles. The number of carbonyl (C=O) groups is 1. The first-order valence-electron chi connectivity index (χ1n) is 9.26. The van der Waals surface area contributed by atoms with E-state index in [-0.39, 0.29) is 12.0 Å². The summed E-state index contributed by atoms with van der Waals surface area (Å²) in [5.74, 6) is 0.694. The number of ether oxygens (including phenoxy) is 1. The standard InChI is InChI=1S/C24H19NO2S2/c1-17(19-8-4-2-5-9-19)27-21-14-12-18(13-15-21)16-22-23(26)25(24(28)29-22)20-10-6-3-7-11-20/h2-17H,1H3/b22-16-. The molecule has 0 saturated carbocycles. The van der Waals surface area contributed by atoms with Crippen molar-refractivity contribution in [2.75, 3.05) is 4.90 Å². The van der Waals surface area contributed by atoms with Crippen LogP contribution in [0.3, 0.4) is 0 Å². The number of hydrogen-bond donors (Lipinski definition) is 0. The third-order valence-electron chi connectivity index (χ3n) is 4.57. The van der Waals surface area contributed by atoms with Crippen molar-refractivity contribution in [1.82, 2.24) is 0 Å². The Hall–Kier alpha value is -2.89. The topological polar surface area (TPSA) is 29.5 Å². The van der Waals surface area contributed by atoms with Crippen LogP contribution < -0.4 is 9.64 Å². The molecule has 1 atom stereocenters. The summed E-state index contributed by atoms with van der Waals surface area (Å²) in [5.41, 5.74) is 2.84. The molecule has 29 heavy (non-hydrogen) atoms. The maximum absolute atomic E-state index is 12.8. The molecule has 1 heterocycles. The lowest BCUT2D eigenvalue weighted by Gasteiger charge is -2.15.